The van der Waals surface area contributed by atoms with Gasteiger partial charge in [0.05, 0.1) is 5.92 Å². The summed E-state index contributed by atoms with van der Waals surface area (Å²) < 4.78 is 0. The summed E-state index contributed by atoms with van der Waals surface area (Å²) in [5, 5.41) is 8.67. The second kappa shape index (κ2) is 2.95. The summed E-state index contributed by atoms with van der Waals surface area (Å²) in [6.45, 7) is 1.98. The van der Waals surface area contributed by atoms with Crippen LogP contribution < -0.4 is 0 Å². The summed E-state index contributed by atoms with van der Waals surface area (Å²) in [7, 11) is 2.00. The van der Waals surface area contributed by atoms with E-state index in [1.807, 2.05) is 20.8 Å². The Morgan fingerprint density at radius 2 is 2.45 bits per heavy atom. The molecule has 2 nitrogen and oxygen atoms in total. The minimum Gasteiger partial charge on any atom is -0.481 e. The molecule has 0 aromatic rings. The van der Waals surface area contributed by atoms with Crippen LogP contribution >= 0.6 is 0 Å². The summed E-state index contributed by atoms with van der Waals surface area (Å²) in [5.74, 6) is -1.04. The lowest BCUT2D eigenvalue weighted by molar-refractivity contribution is -0.140. The molecule has 0 amide bonds. The van der Waals surface area contributed by atoms with Gasteiger partial charge in [0.15, 0.2) is 0 Å². The number of hydrogen-bond donors (Lipinski definition) is 1. The van der Waals surface area contributed by atoms with Crippen molar-refractivity contribution in [3.63, 3.8) is 0 Å². The van der Waals surface area contributed by atoms with Gasteiger partial charge in [-0.05, 0) is 13.3 Å². The van der Waals surface area contributed by atoms with E-state index in [0.717, 1.165) is 0 Å². The molecule has 0 heterocycles. The van der Waals surface area contributed by atoms with Crippen LogP contribution in [0.5, 0.6) is 0 Å². The van der Waals surface area contributed by atoms with Crippen molar-refractivity contribution in [3.05, 3.63) is 23.2 Å². The molecular weight excluding hydrogens is 139 g/mol. The van der Waals surface area contributed by atoms with E-state index in [1.54, 1.807) is 6.08 Å². The first kappa shape index (κ1) is 8.11. The number of carbonyl (C=O) groups is 1. The molecule has 58 valence electrons. The zero-order valence-electron chi connectivity index (χ0n) is 6.79. The first-order chi connectivity index (χ1) is 5.11. The van der Waals surface area contributed by atoms with Gasteiger partial charge < -0.3 is 5.11 Å². The van der Waals surface area contributed by atoms with Gasteiger partial charge in [-0.15, -0.1) is 0 Å². The lowest BCUT2D eigenvalue weighted by Gasteiger charge is -2.14. The summed E-state index contributed by atoms with van der Waals surface area (Å²) >= 11 is 0. The minimum atomic E-state index is -0.729. The SMILES string of the molecule is BC1=C(C)CC(C(=O)O)C=C1. The molecular formula is C8H11BO2. The van der Waals surface area contributed by atoms with Gasteiger partial charge in [-0.25, -0.2) is 0 Å². The predicted octanol–water partition coefficient (Wildman–Crippen LogP) is 0.554. The maximum absolute atomic E-state index is 10.5. The summed E-state index contributed by atoms with van der Waals surface area (Å²) in [6.07, 6.45) is 4.31. The third-order valence-corrected chi connectivity index (χ3v) is 2.10. The van der Waals surface area contributed by atoms with Crippen LogP contribution in [0.25, 0.3) is 0 Å². The third kappa shape index (κ3) is 1.73. The highest BCUT2D eigenvalue weighted by atomic mass is 16.4. The van der Waals surface area contributed by atoms with Crippen LogP contribution in [-0.2, 0) is 4.79 Å². The number of hydrogen-bond acceptors (Lipinski definition) is 1. The van der Waals surface area contributed by atoms with Crippen molar-refractivity contribution >= 4 is 13.8 Å². The molecule has 1 aliphatic rings. The van der Waals surface area contributed by atoms with Crippen LogP contribution in [0, 0.1) is 5.92 Å². The van der Waals surface area contributed by atoms with Gasteiger partial charge in [0.25, 0.3) is 0 Å². The lowest BCUT2D eigenvalue weighted by atomic mass is 9.81. The highest BCUT2D eigenvalue weighted by Crippen LogP contribution is 2.21. The predicted molar refractivity (Wildman–Crippen MR) is 46.1 cm³/mol. The fraction of sp³-hybridized carbons (Fsp3) is 0.375. The fourth-order valence-corrected chi connectivity index (χ4v) is 1.13. The Balaban J connectivity index is 2.74. The van der Waals surface area contributed by atoms with Gasteiger partial charge in [0.2, 0.25) is 0 Å². The van der Waals surface area contributed by atoms with E-state index >= 15 is 0 Å². The molecule has 0 saturated heterocycles. The standard InChI is InChI=1S/C8H11BO2/c1-5-4-6(8(10)11)2-3-7(5)9/h2-3,6H,4,9H2,1H3,(H,10,11). The van der Waals surface area contributed by atoms with Crippen molar-refractivity contribution in [1.82, 2.24) is 0 Å². The molecule has 0 spiro atoms. The van der Waals surface area contributed by atoms with Crippen molar-refractivity contribution in [2.75, 3.05) is 0 Å². The normalized spacial score (nSPS) is 23.9. The molecule has 3 heteroatoms. The fourth-order valence-electron chi connectivity index (χ4n) is 1.13. The van der Waals surface area contributed by atoms with E-state index in [0.29, 0.717) is 6.42 Å². The van der Waals surface area contributed by atoms with E-state index in [4.69, 9.17) is 5.11 Å². The molecule has 0 aliphatic heterocycles. The number of allylic oxidation sites excluding steroid dienone is 3. The van der Waals surface area contributed by atoms with Gasteiger partial charge in [-0.3, -0.25) is 4.79 Å². The minimum absolute atomic E-state index is 0.307. The Labute approximate surface area is 67.0 Å². The van der Waals surface area contributed by atoms with Gasteiger partial charge >= 0.3 is 5.97 Å². The molecule has 1 rings (SSSR count). The second-order valence-electron chi connectivity index (χ2n) is 2.97. The van der Waals surface area contributed by atoms with Crippen molar-refractivity contribution in [3.8, 4) is 0 Å². The Morgan fingerprint density at radius 1 is 1.82 bits per heavy atom. The van der Waals surface area contributed by atoms with Crippen molar-refractivity contribution in [2.24, 2.45) is 5.92 Å². The monoisotopic (exact) mass is 150 g/mol. The summed E-state index contributed by atoms with van der Waals surface area (Å²) in [6, 6.07) is 0. The smallest absolute Gasteiger partial charge is 0.310 e. The first-order valence-electron chi connectivity index (χ1n) is 3.68. The Hall–Kier alpha value is -0.985. The molecule has 0 aromatic heterocycles. The van der Waals surface area contributed by atoms with E-state index in [1.165, 1.54) is 11.0 Å². The highest BCUT2D eigenvalue weighted by Gasteiger charge is 2.17. The zero-order chi connectivity index (χ0) is 8.43. The van der Waals surface area contributed by atoms with Gasteiger partial charge in [-0.2, -0.15) is 0 Å². The Kier molecular flexibility index (Phi) is 2.18. The summed E-state index contributed by atoms with van der Waals surface area (Å²) in [4.78, 5) is 10.5. The van der Waals surface area contributed by atoms with E-state index in [2.05, 4.69) is 0 Å². The molecule has 0 aromatic carbocycles. The Bertz CT molecular complexity index is 240. The van der Waals surface area contributed by atoms with Gasteiger partial charge in [0.1, 0.15) is 7.85 Å². The van der Waals surface area contributed by atoms with Gasteiger partial charge in [-0.1, -0.05) is 23.2 Å². The van der Waals surface area contributed by atoms with Crippen LogP contribution in [-0.4, -0.2) is 18.9 Å². The third-order valence-electron chi connectivity index (χ3n) is 2.10. The molecule has 0 bridgehead atoms. The number of carboxylic acids is 1. The zero-order valence-corrected chi connectivity index (χ0v) is 6.79. The molecule has 1 atom stereocenters. The van der Waals surface area contributed by atoms with Crippen molar-refractivity contribution < 1.29 is 9.90 Å². The number of carboxylic acid groups (broad SMARTS) is 1. The number of rotatable bonds is 1. The van der Waals surface area contributed by atoms with Crippen LogP contribution in [0.1, 0.15) is 13.3 Å². The van der Waals surface area contributed by atoms with Crippen LogP contribution in [0.15, 0.2) is 23.2 Å². The average molecular weight is 150 g/mol. The van der Waals surface area contributed by atoms with E-state index < -0.39 is 5.97 Å². The number of aliphatic carboxylic acids is 1. The van der Waals surface area contributed by atoms with Crippen LogP contribution in [0.3, 0.4) is 0 Å². The maximum atomic E-state index is 10.5. The van der Waals surface area contributed by atoms with Crippen molar-refractivity contribution in [1.29, 1.82) is 0 Å². The quantitative estimate of drug-likeness (QED) is 0.554. The van der Waals surface area contributed by atoms with Crippen LogP contribution in [0.2, 0.25) is 0 Å². The maximum Gasteiger partial charge on any atom is 0.310 e. The molecule has 11 heavy (non-hydrogen) atoms. The first-order valence-corrected chi connectivity index (χ1v) is 3.68. The summed E-state index contributed by atoms with van der Waals surface area (Å²) in [5.41, 5.74) is 2.38. The second-order valence-corrected chi connectivity index (χ2v) is 2.97. The van der Waals surface area contributed by atoms with Crippen molar-refractivity contribution in [2.45, 2.75) is 13.3 Å². The van der Waals surface area contributed by atoms with E-state index in [9.17, 15) is 4.79 Å². The average Bonchev–Trinajstić information content (AvgIpc) is 1.94. The Morgan fingerprint density at radius 3 is 2.91 bits per heavy atom. The molecule has 0 saturated carbocycles. The van der Waals surface area contributed by atoms with Crippen LogP contribution in [0.4, 0.5) is 0 Å². The lowest BCUT2D eigenvalue weighted by Crippen LogP contribution is -2.14. The molecule has 0 radical (unpaired) electrons. The highest BCUT2D eigenvalue weighted by molar-refractivity contribution is 6.24. The molecule has 1 unspecified atom stereocenters. The molecule has 1 N–H and O–H groups in total. The molecule has 0 fully saturated rings. The largest absolute Gasteiger partial charge is 0.481 e. The molecule has 1 aliphatic carbocycles. The van der Waals surface area contributed by atoms with Gasteiger partial charge in [0, 0.05) is 0 Å². The topological polar surface area (TPSA) is 37.3 Å². The van der Waals surface area contributed by atoms with E-state index in [-0.39, 0.29) is 5.92 Å².